The van der Waals surface area contributed by atoms with E-state index in [9.17, 15) is 4.79 Å². The Balaban J connectivity index is 1.57. The van der Waals surface area contributed by atoms with Crippen molar-refractivity contribution in [2.45, 2.75) is 32.1 Å². The van der Waals surface area contributed by atoms with Gasteiger partial charge in [0.1, 0.15) is 18.4 Å². The highest BCUT2D eigenvalue weighted by atomic mass is 79.9. The Bertz CT molecular complexity index is 988. The second kappa shape index (κ2) is 12.9. The van der Waals surface area contributed by atoms with Crippen molar-refractivity contribution in [1.29, 1.82) is 0 Å². The van der Waals surface area contributed by atoms with Gasteiger partial charge in [-0.25, -0.2) is 9.67 Å². The van der Waals surface area contributed by atoms with E-state index in [4.69, 9.17) is 4.74 Å². The van der Waals surface area contributed by atoms with Gasteiger partial charge in [0.15, 0.2) is 5.78 Å². The van der Waals surface area contributed by atoms with Gasteiger partial charge in [-0.15, -0.1) is 6.58 Å². The lowest BCUT2D eigenvalue weighted by Crippen LogP contribution is -2.15. The molecular formula is C25H29BrN4O2. The predicted octanol–water partition coefficient (Wildman–Crippen LogP) is 5.37. The Morgan fingerprint density at radius 3 is 2.66 bits per heavy atom. The van der Waals surface area contributed by atoms with Crippen LogP contribution in [0.3, 0.4) is 0 Å². The minimum absolute atomic E-state index is 0.0729. The second-order valence-electron chi connectivity index (χ2n) is 7.45. The number of ether oxygens (including phenoxy) is 1. The monoisotopic (exact) mass is 496 g/mol. The molecule has 0 saturated heterocycles. The third-order valence-corrected chi connectivity index (χ3v) is 5.56. The summed E-state index contributed by atoms with van der Waals surface area (Å²) in [4.78, 5) is 17.1. The van der Waals surface area contributed by atoms with Crippen molar-refractivity contribution in [2.24, 2.45) is 0 Å². The zero-order chi connectivity index (χ0) is 22.6. The SMILES string of the molecule is C=CCCNCCCCCCOc1ccc(C(=O)c2ccc(Br)cc2)c(-n2cncn2)c1. The lowest BCUT2D eigenvalue weighted by molar-refractivity contribution is 0.103. The first kappa shape index (κ1) is 23.9. The van der Waals surface area contributed by atoms with Crippen molar-refractivity contribution >= 4 is 21.7 Å². The minimum Gasteiger partial charge on any atom is -0.494 e. The summed E-state index contributed by atoms with van der Waals surface area (Å²) in [6.07, 6.45) is 10.4. The van der Waals surface area contributed by atoms with Gasteiger partial charge in [-0.05, 0) is 68.8 Å². The zero-order valence-corrected chi connectivity index (χ0v) is 19.8. The van der Waals surface area contributed by atoms with Crippen LogP contribution in [0, 0.1) is 0 Å². The van der Waals surface area contributed by atoms with E-state index in [1.54, 1.807) is 29.2 Å². The molecule has 0 unspecified atom stereocenters. The fourth-order valence-electron chi connectivity index (χ4n) is 3.30. The van der Waals surface area contributed by atoms with Gasteiger partial charge < -0.3 is 10.1 Å². The number of hydrogen-bond donors (Lipinski definition) is 1. The molecule has 0 aliphatic heterocycles. The van der Waals surface area contributed by atoms with Gasteiger partial charge in [0.25, 0.3) is 0 Å². The summed E-state index contributed by atoms with van der Waals surface area (Å²) in [5.74, 6) is 0.644. The quantitative estimate of drug-likeness (QED) is 0.184. The van der Waals surface area contributed by atoms with Crippen molar-refractivity contribution in [3.8, 4) is 11.4 Å². The summed E-state index contributed by atoms with van der Waals surface area (Å²) in [5.41, 5.74) is 1.81. The molecule has 32 heavy (non-hydrogen) atoms. The van der Waals surface area contributed by atoms with E-state index in [1.165, 1.54) is 19.2 Å². The van der Waals surface area contributed by atoms with Crippen LogP contribution in [0.25, 0.3) is 5.69 Å². The number of carbonyl (C=O) groups excluding carboxylic acids is 1. The molecule has 6 nitrogen and oxygen atoms in total. The normalized spacial score (nSPS) is 10.8. The van der Waals surface area contributed by atoms with E-state index >= 15 is 0 Å². The Kier molecular flexibility index (Phi) is 9.65. The number of carbonyl (C=O) groups is 1. The lowest BCUT2D eigenvalue weighted by atomic mass is 10.0. The molecule has 0 amide bonds. The Hall–Kier alpha value is -2.77. The molecule has 0 fully saturated rings. The van der Waals surface area contributed by atoms with E-state index in [2.05, 4.69) is 37.9 Å². The summed E-state index contributed by atoms with van der Waals surface area (Å²) in [6.45, 7) is 6.41. The molecule has 0 saturated carbocycles. The fourth-order valence-corrected chi connectivity index (χ4v) is 3.56. The molecule has 1 aromatic heterocycles. The average Bonchev–Trinajstić information content (AvgIpc) is 3.35. The van der Waals surface area contributed by atoms with Crippen LogP contribution in [0.1, 0.15) is 48.0 Å². The zero-order valence-electron chi connectivity index (χ0n) is 18.2. The number of aromatic nitrogens is 3. The summed E-state index contributed by atoms with van der Waals surface area (Å²) >= 11 is 3.41. The van der Waals surface area contributed by atoms with Crippen LogP contribution in [0.4, 0.5) is 0 Å². The predicted molar refractivity (Wildman–Crippen MR) is 131 cm³/mol. The standard InChI is InChI=1S/C25H29BrN4O2/c1-2-3-14-27-15-6-4-5-7-16-32-22-12-13-23(24(17-22)30-19-28-18-29-30)25(31)20-8-10-21(26)11-9-20/h2,8-13,17-19,27H,1,3-7,14-16H2. The minimum atomic E-state index is -0.0729. The van der Waals surface area contributed by atoms with Gasteiger partial charge in [0.2, 0.25) is 0 Å². The van der Waals surface area contributed by atoms with Crippen LogP contribution in [0.2, 0.25) is 0 Å². The molecule has 1 heterocycles. The van der Waals surface area contributed by atoms with Gasteiger partial charge >= 0.3 is 0 Å². The second-order valence-corrected chi connectivity index (χ2v) is 8.36. The van der Waals surface area contributed by atoms with Crippen molar-refractivity contribution in [3.63, 3.8) is 0 Å². The molecule has 1 N–H and O–H groups in total. The molecule has 3 aromatic rings. The molecule has 7 heteroatoms. The van der Waals surface area contributed by atoms with Gasteiger partial charge in [0, 0.05) is 21.7 Å². The van der Waals surface area contributed by atoms with Crippen LogP contribution in [-0.2, 0) is 0 Å². The first-order chi connectivity index (χ1) is 15.7. The van der Waals surface area contributed by atoms with Crippen LogP contribution in [-0.4, -0.2) is 40.2 Å². The van der Waals surface area contributed by atoms with Gasteiger partial charge in [0.05, 0.1) is 12.3 Å². The maximum atomic E-state index is 13.1. The Morgan fingerprint density at radius 1 is 1.09 bits per heavy atom. The molecule has 0 aliphatic rings. The topological polar surface area (TPSA) is 69.0 Å². The molecule has 0 bridgehead atoms. The number of halogens is 1. The first-order valence-electron chi connectivity index (χ1n) is 10.9. The maximum absolute atomic E-state index is 13.1. The fraction of sp³-hybridized carbons (Fsp3) is 0.320. The number of ketones is 1. The smallest absolute Gasteiger partial charge is 0.195 e. The summed E-state index contributed by atoms with van der Waals surface area (Å²) in [6, 6.07) is 12.8. The Morgan fingerprint density at radius 2 is 1.91 bits per heavy atom. The van der Waals surface area contributed by atoms with Gasteiger partial charge in [-0.3, -0.25) is 4.79 Å². The Labute approximate surface area is 197 Å². The highest BCUT2D eigenvalue weighted by molar-refractivity contribution is 9.10. The number of unbranched alkanes of at least 4 members (excludes halogenated alkanes) is 3. The number of hydrogen-bond acceptors (Lipinski definition) is 5. The maximum Gasteiger partial charge on any atom is 0.195 e. The summed E-state index contributed by atoms with van der Waals surface area (Å²) in [5, 5.41) is 7.62. The van der Waals surface area contributed by atoms with Crippen LogP contribution in [0.15, 0.2) is 72.2 Å². The van der Waals surface area contributed by atoms with E-state index < -0.39 is 0 Å². The van der Waals surface area contributed by atoms with Crippen LogP contribution >= 0.6 is 15.9 Å². The van der Waals surface area contributed by atoms with Gasteiger partial charge in [-0.1, -0.05) is 34.8 Å². The highest BCUT2D eigenvalue weighted by Crippen LogP contribution is 2.24. The third kappa shape index (κ3) is 7.14. The molecular weight excluding hydrogens is 468 g/mol. The largest absolute Gasteiger partial charge is 0.494 e. The molecule has 0 aliphatic carbocycles. The molecule has 3 rings (SSSR count). The number of nitrogens with zero attached hydrogens (tertiary/aromatic N) is 3. The van der Waals surface area contributed by atoms with Gasteiger partial charge in [-0.2, -0.15) is 5.10 Å². The summed E-state index contributed by atoms with van der Waals surface area (Å²) in [7, 11) is 0. The first-order valence-corrected chi connectivity index (χ1v) is 11.7. The van der Waals surface area contributed by atoms with Crippen LogP contribution < -0.4 is 10.1 Å². The van der Waals surface area contributed by atoms with E-state index in [0.717, 1.165) is 36.8 Å². The highest BCUT2D eigenvalue weighted by Gasteiger charge is 2.16. The van der Waals surface area contributed by atoms with Crippen LogP contribution in [0.5, 0.6) is 5.75 Å². The van der Waals surface area contributed by atoms with E-state index in [0.29, 0.717) is 29.2 Å². The van der Waals surface area contributed by atoms with E-state index in [-0.39, 0.29) is 5.78 Å². The van der Waals surface area contributed by atoms with Crippen molar-refractivity contribution in [2.75, 3.05) is 19.7 Å². The van der Waals surface area contributed by atoms with Crippen molar-refractivity contribution in [3.05, 3.63) is 83.4 Å². The average molecular weight is 497 g/mol. The number of nitrogens with one attached hydrogen (secondary N) is 1. The van der Waals surface area contributed by atoms with Crippen molar-refractivity contribution in [1.82, 2.24) is 20.1 Å². The lowest BCUT2D eigenvalue weighted by Gasteiger charge is -2.12. The molecule has 0 atom stereocenters. The van der Waals surface area contributed by atoms with E-state index in [1.807, 2.05) is 30.3 Å². The number of benzene rings is 2. The molecule has 2 aromatic carbocycles. The molecule has 168 valence electrons. The molecule has 0 spiro atoms. The van der Waals surface area contributed by atoms with Crippen molar-refractivity contribution < 1.29 is 9.53 Å². The summed E-state index contributed by atoms with van der Waals surface area (Å²) < 4.78 is 8.48. The molecule has 0 radical (unpaired) electrons. The number of rotatable bonds is 14. The third-order valence-electron chi connectivity index (χ3n) is 5.03.